The van der Waals surface area contributed by atoms with Gasteiger partial charge in [0.1, 0.15) is 6.10 Å². The Morgan fingerprint density at radius 3 is 2.83 bits per heavy atom. The number of esters is 1. The molecule has 1 aliphatic carbocycles. The van der Waals surface area contributed by atoms with Crippen LogP contribution in [0.3, 0.4) is 0 Å². The molecule has 0 aromatic heterocycles. The molecule has 68 valence electrons. The molecule has 1 saturated heterocycles. The van der Waals surface area contributed by atoms with Crippen molar-refractivity contribution in [1.29, 1.82) is 0 Å². The molecule has 12 heavy (non-hydrogen) atoms. The predicted octanol–water partition coefficient (Wildman–Crippen LogP) is 1.26. The zero-order valence-corrected chi connectivity index (χ0v) is 7.34. The molecule has 0 N–H and O–H groups in total. The first-order valence-electron chi connectivity index (χ1n) is 4.56. The van der Waals surface area contributed by atoms with E-state index in [0.29, 0.717) is 6.61 Å². The molecule has 0 radical (unpaired) electrons. The van der Waals surface area contributed by atoms with Gasteiger partial charge >= 0.3 is 5.97 Å². The van der Waals surface area contributed by atoms with Crippen LogP contribution in [-0.4, -0.2) is 24.3 Å². The summed E-state index contributed by atoms with van der Waals surface area (Å²) < 4.78 is 10.5. The van der Waals surface area contributed by atoms with E-state index in [9.17, 15) is 4.79 Å². The quantitative estimate of drug-likeness (QED) is 0.585. The lowest BCUT2D eigenvalue weighted by Gasteiger charge is -2.20. The fourth-order valence-corrected chi connectivity index (χ4v) is 1.40. The molecule has 3 heteroatoms. The molecule has 0 bridgehead atoms. The van der Waals surface area contributed by atoms with Crippen molar-refractivity contribution in [3.05, 3.63) is 0 Å². The highest BCUT2D eigenvalue weighted by atomic mass is 16.6. The molecule has 1 heterocycles. The van der Waals surface area contributed by atoms with Crippen LogP contribution in [0, 0.1) is 0 Å². The molecule has 2 rings (SSSR count). The van der Waals surface area contributed by atoms with E-state index >= 15 is 0 Å². The van der Waals surface area contributed by atoms with Crippen molar-refractivity contribution in [2.45, 2.75) is 44.3 Å². The predicted molar refractivity (Wildman–Crippen MR) is 42.7 cm³/mol. The highest BCUT2D eigenvalue weighted by molar-refractivity contribution is 5.79. The average molecular weight is 170 g/mol. The van der Waals surface area contributed by atoms with Crippen molar-refractivity contribution in [3.8, 4) is 0 Å². The van der Waals surface area contributed by atoms with Gasteiger partial charge in [-0.2, -0.15) is 0 Å². The highest BCUT2D eigenvalue weighted by Crippen LogP contribution is 2.31. The monoisotopic (exact) mass is 170 g/mol. The molecule has 3 nitrogen and oxygen atoms in total. The average Bonchev–Trinajstić information content (AvgIpc) is 2.73. The van der Waals surface area contributed by atoms with Crippen molar-refractivity contribution in [2.24, 2.45) is 0 Å². The van der Waals surface area contributed by atoms with Crippen molar-refractivity contribution < 1.29 is 14.3 Å². The largest absolute Gasteiger partial charge is 0.460 e. The molecule has 0 aromatic carbocycles. The van der Waals surface area contributed by atoms with Gasteiger partial charge in [-0.15, -0.1) is 0 Å². The third-order valence-electron chi connectivity index (χ3n) is 2.45. The van der Waals surface area contributed by atoms with Gasteiger partial charge < -0.3 is 9.47 Å². The second kappa shape index (κ2) is 2.73. The molecule has 0 spiro atoms. The van der Waals surface area contributed by atoms with Gasteiger partial charge in [0.15, 0.2) is 5.60 Å². The maximum atomic E-state index is 11.5. The molecule has 1 atom stereocenters. The summed E-state index contributed by atoms with van der Waals surface area (Å²) in [6.45, 7) is 2.51. The van der Waals surface area contributed by atoms with Crippen LogP contribution in [-0.2, 0) is 14.3 Å². The van der Waals surface area contributed by atoms with E-state index in [1.807, 2.05) is 6.92 Å². The fraction of sp³-hybridized carbons (Fsp3) is 0.889. The SMILES string of the molecule is CC1(C(=O)OC2CC2)CCCO1. The molecule has 1 aliphatic heterocycles. The van der Waals surface area contributed by atoms with E-state index < -0.39 is 5.60 Å². The van der Waals surface area contributed by atoms with E-state index in [2.05, 4.69) is 0 Å². The first kappa shape index (κ1) is 8.05. The molecule has 1 saturated carbocycles. The van der Waals surface area contributed by atoms with Crippen LogP contribution < -0.4 is 0 Å². The van der Waals surface area contributed by atoms with Crippen molar-refractivity contribution in [1.82, 2.24) is 0 Å². The lowest BCUT2D eigenvalue weighted by Crippen LogP contribution is -2.36. The lowest BCUT2D eigenvalue weighted by atomic mass is 10.0. The Labute approximate surface area is 72.0 Å². The van der Waals surface area contributed by atoms with E-state index in [0.717, 1.165) is 25.7 Å². The van der Waals surface area contributed by atoms with Crippen molar-refractivity contribution in [3.63, 3.8) is 0 Å². The minimum Gasteiger partial charge on any atom is -0.460 e. The Bertz CT molecular complexity index is 190. The van der Waals surface area contributed by atoms with Crippen LogP contribution >= 0.6 is 0 Å². The second-order valence-corrected chi connectivity index (χ2v) is 3.79. The topological polar surface area (TPSA) is 35.5 Å². The third-order valence-corrected chi connectivity index (χ3v) is 2.45. The molecule has 2 fully saturated rings. The van der Waals surface area contributed by atoms with Gasteiger partial charge in [-0.25, -0.2) is 4.79 Å². The minimum absolute atomic E-state index is 0.164. The Hall–Kier alpha value is -0.570. The van der Waals surface area contributed by atoms with Crippen LogP contribution in [0.4, 0.5) is 0 Å². The van der Waals surface area contributed by atoms with E-state index in [1.54, 1.807) is 0 Å². The number of hydrogen-bond acceptors (Lipinski definition) is 3. The summed E-state index contributed by atoms with van der Waals surface area (Å²) in [7, 11) is 0. The summed E-state index contributed by atoms with van der Waals surface area (Å²) in [5.41, 5.74) is -0.636. The van der Waals surface area contributed by atoms with E-state index in [1.165, 1.54) is 0 Å². The van der Waals surface area contributed by atoms with E-state index in [-0.39, 0.29) is 12.1 Å². The summed E-state index contributed by atoms with van der Waals surface area (Å²) in [4.78, 5) is 11.5. The van der Waals surface area contributed by atoms with Crippen LogP contribution in [0.2, 0.25) is 0 Å². The zero-order valence-electron chi connectivity index (χ0n) is 7.34. The van der Waals surface area contributed by atoms with Crippen LogP contribution in [0.25, 0.3) is 0 Å². The smallest absolute Gasteiger partial charge is 0.338 e. The first-order chi connectivity index (χ1) is 5.71. The molecule has 2 aliphatic rings. The Kier molecular flexibility index (Phi) is 1.83. The van der Waals surface area contributed by atoms with E-state index in [4.69, 9.17) is 9.47 Å². The summed E-state index contributed by atoms with van der Waals surface area (Å²) in [5.74, 6) is -0.164. The summed E-state index contributed by atoms with van der Waals surface area (Å²) >= 11 is 0. The Morgan fingerprint density at radius 2 is 2.33 bits per heavy atom. The number of carbonyl (C=O) groups is 1. The van der Waals surface area contributed by atoms with Gasteiger partial charge in [0.25, 0.3) is 0 Å². The van der Waals surface area contributed by atoms with Crippen molar-refractivity contribution >= 4 is 5.97 Å². The van der Waals surface area contributed by atoms with Crippen LogP contribution in [0.1, 0.15) is 32.6 Å². The molecule has 1 unspecified atom stereocenters. The highest BCUT2D eigenvalue weighted by Gasteiger charge is 2.41. The minimum atomic E-state index is -0.636. The molecule has 0 amide bonds. The number of rotatable bonds is 2. The number of hydrogen-bond donors (Lipinski definition) is 0. The molecular weight excluding hydrogens is 156 g/mol. The van der Waals surface area contributed by atoms with Gasteiger partial charge in [-0.1, -0.05) is 0 Å². The maximum absolute atomic E-state index is 11.5. The van der Waals surface area contributed by atoms with Gasteiger partial charge in [0.05, 0.1) is 0 Å². The van der Waals surface area contributed by atoms with Gasteiger partial charge in [0, 0.05) is 6.61 Å². The van der Waals surface area contributed by atoms with Gasteiger partial charge in [-0.3, -0.25) is 0 Å². The van der Waals surface area contributed by atoms with Crippen LogP contribution in [0.5, 0.6) is 0 Å². The standard InChI is InChI=1S/C9H14O3/c1-9(5-2-6-11-9)8(10)12-7-3-4-7/h7H,2-6H2,1H3. The normalized spacial score (nSPS) is 35.1. The second-order valence-electron chi connectivity index (χ2n) is 3.79. The summed E-state index contributed by atoms with van der Waals surface area (Å²) in [5, 5.41) is 0. The van der Waals surface area contributed by atoms with Crippen molar-refractivity contribution in [2.75, 3.05) is 6.61 Å². The number of carbonyl (C=O) groups excluding carboxylic acids is 1. The molecule has 0 aromatic rings. The Morgan fingerprint density at radius 1 is 1.58 bits per heavy atom. The number of ether oxygens (including phenoxy) is 2. The first-order valence-corrected chi connectivity index (χ1v) is 4.56. The van der Waals surface area contributed by atoms with Gasteiger partial charge in [0.2, 0.25) is 0 Å². The van der Waals surface area contributed by atoms with Gasteiger partial charge in [-0.05, 0) is 32.6 Å². The maximum Gasteiger partial charge on any atom is 0.338 e. The fourth-order valence-electron chi connectivity index (χ4n) is 1.40. The third kappa shape index (κ3) is 1.46. The zero-order chi connectivity index (χ0) is 8.60. The Balaban J connectivity index is 1.91. The lowest BCUT2D eigenvalue weighted by molar-refractivity contribution is -0.166. The summed E-state index contributed by atoms with van der Waals surface area (Å²) in [6, 6.07) is 0. The molecular formula is C9H14O3. The van der Waals surface area contributed by atoms with Crippen LogP contribution in [0.15, 0.2) is 0 Å². The summed E-state index contributed by atoms with van der Waals surface area (Å²) in [6.07, 6.45) is 4.02.